The summed E-state index contributed by atoms with van der Waals surface area (Å²) in [6.07, 6.45) is 3.56. The number of carbonyl (C=O) groups excluding carboxylic acids is 2. The minimum atomic E-state index is -0.904. The lowest BCUT2D eigenvalue weighted by Crippen LogP contribution is -2.33. The molecule has 232 valence electrons. The number of esters is 2. The summed E-state index contributed by atoms with van der Waals surface area (Å²) in [6.45, 7) is 5.12. The van der Waals surface area contributed by atoms with Gasteiger partial charge in [0.2, 0.25) is 0 Å². The number of nitro groups is 1. The van der Waals surface area contributed by atoms with Crippen molar-refractivity contribution in [1.29, 1.82) is 0 Å². The van der Waals surface area contributed by atoms with E-state index in [1.807, 2.05) is 74.4 Å². The Bertz CT molecular complexity index is 1330. The van der Waals surface area contributed by atoms with Crippen LogP contribution in [0.4, 0.5) is 5.69 Å². The highest BCUT2D eigenvalue weighted by molar-refractivity contribution is 6.00. The Hall–Kier alpha value is -4.32. The zero-order valence-electron chi connectivity index (χ0n) is 25.7. The maximum Gasteiger partial charge on any atom is 0.337 e. The number of nitrogens with zero attached hydrogens (tertiary/aromatic N) is 3. The summed E-state index contributed by atoms with van der Waals surface area (Å²) in [7, 11) is 7.57. The fraction of sp³-hybridized carbons (Fsp3) is 0.375. The van der Waals surface area contributed by atoms with Crippen molar-refractivity contribution >= 4 is 23.7 Å². The van der Waals surface area contributed by atoms with E-state index in [4.69, 9.17) is 14.6 Å². The molecule has 0 fully saturated rings. The molecule has 0 radical (unpaired) electrons. The molecular weight excluding hydrogens is 552 g/mol. The van der Waals surface area contributed by atoms with E-state index in [1.54, 1.807) is 26.0 Å². The van der Waals surface area contributed by atoms with Crippen molar-refractivity contribution in [1.82, 2.24) is 15.1 Å². The molecule has 0 saturated heterocycles. The topological polar surface area (TPSA) is 134 Å². The van der Waals surface area contributed by atoms with Crippen LogP contribution in [-0.4, -0.2) is 92.9 Å². The van der Waals surface area contributed by atoms with Crippen LogP contribution in [0.5, 0.6) is 0 Å². The van der Waals surface area contributed by atoms with Gasteiger partial charge in [0.25, 0.3) is 5.69 Å². The molecule has 11 heteroatoms. The Morgan fingerprint density at radius 3 is 2.07 bits per heavy atom. The number of nitro benzene ring substituents is 1. The molecule has 2 N–H and O–H groups in total. The number of ether oxygens (including phenoxy) is 2. The number of benzene rings is 2. The molecule has 1 unspecified atom stereocenters. The van der Waals surface area contributed by atoms with Crippen molar-refractivity contribution in [2.24, 2.45) is 0 Å². The molecule has 2 aromatic rings. The Balaban J connectivity index is 0.000000973. The van der Waals surface area contributed by atoms with Gasteiger partial charge in [-0.15, -0.1) is 0 Å². The summed E-state index contributed by atoms with van der Waals surface area (Å²) < 4.78 is 11.0. The quantitative estimate of drug-likeness (QED) is 0.213. The summed E-state index contributed by atoms with van der Waals surface area (Å²) >= 11 is 0. The van der Waals surface area contributed by atoms with Crippen LogP contribution in [0, 0.1) is 10.1 Å². The fourth-order valence-corrected chi connectivity index (χ4v) is 4.23. The van der Waals surface area contributed by atoms with Gasteiger partial charge in [0, 0.05) is 36.6 Å². The van der Waals surface area contributed by atoms with Crippen LogP contribution in [-0.2, 0) is 19.1 Å². The number of hydrogen-bond donors (Lipinski definition) is 2. The van der Waals surface area contributed by atoms with Gasteiger partial charge in [-0.3, -0.25) is 10.1 Å². The second-order valence-corrected chi connectivity index (χ2v) is 10.4. The SMILES string of the molecule is CC1=C(C(=O)OC/C=C/c2ccccc2)C(c2cccc([N+](=O)[O-])c2)C(C(=O)OCCN(C)C)=C(C)N1.CN(C)CCO. The van der Waals surface area contributed by atoms with Crippen LogP contribution in [0.25, 0.3) is 6.08 Å². The molecule has 1 aliphatic rings. The number of hydrogen-bond acceptors (Lipinski definition) is 10. The van der Waals surface area contributed by atoms with E-state index >= 15 is 0 Å². The number of aliphatic hydroxyl groups excluding tert-OH is 1. The highest BCUT2D eigenvalue weighted by atomic mass is 16.6. The van der Waals surface area contributed by atoms with E-state index in [0.717, 1.165) is 12.1 Å². The number of rotatable bonds is 12. The van der Waals surface area contributed by atoms with E-state index in [-0.39, 0.29) is 36.7 Å². The number of likely N-dealkylation sites (N-methyl/N-ethyl adjacent to an activating group) is 2. The standard InChI is InChI=1S/C28H31N3O6.C4H11NO/c1-19-24(27(32)36-16-9-12-21-10-6-5-7-11-21)26(22-13-8-14-23(18-22)31(34)35)25(20(2)29-19)28(33)37-17-15-30(3)4;1-5(2)3-4-6/h5-14,18,26,29H,15-17H2,1-4H3;6H,3-4H2,1-2H3/b12-9+;. The normalized spacial score (nSPS) is 14.9. The van der Waals surface area contributed by atoms with Crippen LogP contribution in [0.2, 0.25) is 0 Å². The Labute approximate surface area is 253 Å². The Morgan fingerprint density at radius 1 is 0.930 bits per heavy atom. The van der Waals surface area contributed by atoms with Gasteiger partial charge in [-0.05, 0) is 59.2 Å². The summed E-state index contributed by atoms with van der Waals surface area (Å²) in [5.41, 5.74) is 2.63. The number of carbonyl (C=O) groups is 2. The number of aliphatic hydroxyl groups is 1. The predicted molar refractivity (Wildman–Crippen MR) is 166 cm³/mol. The van der Waals surface area contributed by atoms with Crippen molar-refractivity contribution in [2.75, 3.05) is 61.1 Å². The molecule has 2 aromatic carbocycles. The van der Waals surface area contributed by atoms with Crippen LogP contribution in [0.1, 0.15) is 30.9 Å². The average Bonchev–Trinajstić information content (AvgIpc) is 2.95. The lowest BCUT2D eigenvalue weighted by atomic mass is 9.80. The lowest BCUT2D eigenvalue weighted by molar-refractivity contribution is -0.384. The molecule has 1 heterocycles. The molecule has 0 amide bonds. The molecule has 0 bridgehead atoms. The largest absolute Gasteiger partial charge is 0.461 e. The first-order chi connectivity index (χ1) is 20.5. The summed E-state index contributed by atoms with van der Waals surface area (Å²) in [4.78, 5) is 41.3. The first kappa shape index (κ1) is 34.9. The van der Waals surface area contributed by atoms with Gasteiger partial charge in [-0.25, -0.2) is 9.59 Å². The Kier molecular flexibility index (Phi) is 14.3. The monoisotopic (exact) mass is 594 g/mol. The van der Waals surface area contributed by atoms with Crippen LogP contribution < -0.4 is 5.32 Å². The number of nitrogens with one attached hydrogen (secondary N) is 1. The zero-order valence-corrected chi connectivity index (χ0v) is 25.7. The second-order valence-electron chi connectivity index (χ2n) is 10.4. The van der Waals surface area contributed by atoms with Gasteiger partial charge in [-0.1, -0.05) is 48.5 Å². The molecule has 0 aliphatic carbocycles. The lowest BCUT2D eigenvalue weighted by Gasteiger charge is -2.30. The number of allylic oxidation sites excluding steroid dienone is 2. The molecule has 3 rings (SSSR count). The molecule has 0 spiro atoms. The number of non-ortho nitro benzene ring substituents is 1. The Morgan fingerprint density at radius 2 is 1.53 bits per heavy atom. The molecular formula is C32H42N4O7. The number of dihydropyridines is 1. The fourth-order valence-electron chi connectivity index (χ4n) is 4.23. The van der Waals surface area contributed by atoms with E-state index in [1.165, 1.54) is 18.2 Å². The second kappa shape index (κ2) is 17.6. The van der Waals surface area contributed by atoms with Crippen LogP contribution in [0.3, 0.4) is 0 Å². The maximum absolute atomic E-state index is 13.3. The van der Waals surface area contributed by atoms with Crippen molar-refractivity contribution < 1.29 is 29.1 Å². The summed E-state index contributed by atoms with van der Waals surface area (Å²) in [5.74, 6) is -2.14. The van der Waals surface area contributed by atoms with Gasteiger partial charge >= 0.3 is 11.9 Å². The summed E-state index contributed by atoms with van der Waals surface area (Å²) in [6, 6.07) is 15.5. The third-order valence-corrected chi connectivity index (χ3v) is 6.35. The molecule has 0 aromatic heterocycles. The maximum atomic E-state index is 13.3. The van der Waals surface area contributed by atoms with Crippen molar-refractivity contribution in [3.63, 3.8) is 0 Å². The molecule has 11 nitrogen and oxygen atoms in total. The molecule has 1 atom stereocenters. The van der Waals surface area contributed by atoms with Crippen LogP contribution >= 0.6 is 0 Å². The van der Waals surface area contributed by atoms with Gasteiger partial charge in [-0.2, -0.15) is 0 Å². The molecule has 1 aliphatic heterocycles. The van der Waals surface area contributed by atoms with Gasteiger partial charge < -0.3 is 29.7 Å². The smallest absolute Gasteiger partial charge is 0.337 e. The highest BCUT2D eigenvalue weighted by Gasteiger charge is 2.38. The van der Waals surface area contributed by atoms with E-state index in [0.29, 0.717) is 23.5 Å². The van der Waals surface area contributed by atoms with Crippen molar-refractivity contribution in [2.45, 2.75) is 19.8 Å². The van der Waals surface area contributed by atoms with Gasteiger partial charge in [0.15, 0.2) is 0 Å². The zero-order chi connectivity index (χ0) is 31.9. The first-order valence-electron chi connectivity index (χ1n) is 13.8. The minimum Gasteiger partial charge on any atom is -0.461 e. The minimum absolute atomic E-state index is 0.0114. The predicted octanol–water partition coefficient (Wildman–Crippen LogP) is 3.73. The van der Waals surface area contributed by atoms with Gasteiger partial charge in [0.1, 0.15) is 13.2 Å². The van der Waals surface area contributed by atoms with Crippen molar-refractivity contribution in [3.05, 3.63) is 104 Å². The van der Waals surface area contributed by atoms with Crippen LogP contribution in [0.15, 0.2) is 83.2 Å². The molecule has 43 heavy (non-hydrogen) atoms. The van der Waals surface area contributed by atoms with Gasteiger partial charge in [0.05, 0.1) is 28.6 Å². The molecule has 0 saturated carbocycles. The summed E-state index contributed by atoms with van der Waals surface area (Å²) in [5, 5.41) is 22.7. The van der Waals surface area contributed by atoms with E-state index in [9.17, 15) is 19.7 Å². The first-order valence-corrected chi connectivity index (χ1v) is 13.8. The third-order valence-electron chi connectivity index (χ3n) is 6.35. The third kappa shape index (κ3) is 11.1. The van der Waals surface area contributed by atoms with E-state index in [2.05, 4.69) is 5.32 Å². The average molecular weight is 595 g/mol. The van der Waals surface area contributed by atoms with E-state index < -0.39 is 22.8 Å². The highest BCUT2D eigenvalue weighted by Crippen LogP contribution is 2.40. The van der Waals surface area contributed by atoms with Crippen molar-refractivity contribution in [3.8, 4) is 0 Å².